The van der Waals surface area contributed by atoms with Crippen molar-refractivity contribution in [2.75, 3.05) is 12.4 Å². The van der Waals surface area contributed by atoms with E-state index in [9.17, 15) is 14.7 Å². The summed E-state index contributed by atoms with van der Waals surface area (Å²) in [6, 6.07) is 22.0. The first-order chi connectivity index (χ1) is 17.1. The van der Waals surface area contributed by atoms with Crippen LogP contribution in [0.4, 0.5) is 5.69 Å². The summed E-state index contributed by atoms with van der Waals surface area (Å²) in [5.74, 6) is 0.163. The Morgan fingerprint density at radius 2 is 1.72 bits per heavy atom. The van der Waals surface area contributed by atoms with Gasteiger partial charge >= 0.3 is 5.63 Å². The molecule has 0 spiro atoms. The maximum atomic E-state index is 13.7. The first-order valence-corrected chi connectivity index (χ1v) is 11.7. The van der Waals surface area contributed by atoms with E-state index in [4.69, 9.17) is 9.26 Å². The van der Waals surface area contributed by atoms with Crippen molar-refractivity contribution < 1.29 is 19.2 Å². The number of nitrogens with zero attached hydrogens (tertiary/aromatic N) is 1. The zero-order chi connectivity index (χ0) is 25.9. The van der Waals surface area contributed by atoms with Gasteiger partial charge in [-0.2, -0.15) is 0 Å². The topological polar surface area (TPSA) is 102 Å². The number of benzene rings is 3. The highest BCUT2D eigenvalue weighted by molar-refractivity contribution is 5.99. The second-order valence-electron chi connectivity index (χ2n) is 9.75. The molecule has 0 aliphatic carbocycles. The number of ether oxygens (including phenoxy) is 1. The highest BCUT2D eigenvalue weighted by atomic mass is 16.5. The van der Waals surface area contributed by atoms with Gasteiger partial charge < -0.3 is 19.7 Å². The third-order valence-corrected chi connectivity index (χ3v) is 6.52. The van der Waals surface area contributed by atoms with Crippen LogP contribution in [-0.4, -0.2) is 28.9 Å². The number of hydrogen-bond donors (Lipinski definition) is 2. The van der Waals surface area contributed by atoms with Gasteiger partial charge in [-0.25, -0.2) is 4.79 Å². The number of methoxy groups -OCH3 is 1. The Kier molecular flexibility index (Phi) is 6.95. The Balaban J connectivity index is 1.68. The lowest BCUT2D eigenvalue weighted by Crippen LogP contribution is -2.48. The second-order valence-corrected chi connectivity index (χ2v) is 9.75. The van der Waals surface area contributed by atoms with Crippen molar-refractivity contribution in [1.82, 2.24) is 5.16 Å². The van der Waals surface area contributed by atoms with E-state index in [-0.39, 0.29) is 12.8 Å². The SMILES string of the molecule is COc1ccc(CC(O)(CC(C)(C)c2ccccc2)C(=O)Nc2ccc3c(=O)onc(C)c3c2)cc1. The number of anilines is 1. The highest BCUT2D eigenvalue weighted by Crippen LogP contribution is 2.35. The van der Waals surface area contributed by atoms with Crippen LogP contribution in [0.1, 0.15) is 37.1 Å². The third kappa shape index (κ3) is 5.31. The van der Waals surface area contributed by atoms with Gasteiger partial charge in [0.25, 0.3) is 5.91 Å². The molecule has 1 atom stereocenters. The monoisotopic (exact) mass is 486 g/mol. The molecule has 4 rings (SSSR count). The molecule has 1 heterocycles. The zero-order valence-electron chi connectivity index (χ0n) is 20.9. The summed E-state index contributed by atoms with van der Waals surface area (Å²) in [5, 5.41) is 19.5. The van der Waals surface area contributed by atoms with Crippen LogP contribution in [0, 0.1) is 6.92 Å². The number of carbonyl (C=O) groups is 1. The highest BCUT2D eigenvalue weighted by Gasteiger charge is 2.42. The molecule has 7 nitrogen and oxygen atoms in total. The van der Waals surface area contributed by atoms with E-state index in [0.29, 0.717) is 27.9 Å². The Morgan fingerprint density at radius 3 is 2.39 bits per heavy atom. The van der Waals surface area contributed by atoms with Crippen LogP contribution in [0.15, 0.2) is 82.1 Å². The van der Waals surface area contributed by atoms with Gasteiger partial charge in [-0.05, 0) is 60.2 Å². The van der Waals surface area contributed by atoms with Gasteiger partial charge in [-0.1, -0.05) is 61.5 Å². The number of aliphatic hydroxyl groups is 1. The smallest absolute Gasteiger partial charge is 0.366 e. The Bertz CT molecular complexity index is 1430. The zero-order valence-corrected chi connectivity index (χ0v) is 20.9. The molecule has 186 valence electrons. The molecular formula is C29H30N2O5. The molecule has 0 bridgehead atoms. The molecule has 0 saturated carbocycles. The van der Waals surface area contributed by atoms with E-state index >= 15 is 0 Å². The third-order valence-electron chi connectivity index (χ3n) is 6.52. The van der Waals surface area contributed by atoms with Gasteiger partial charge in [0.05, 0.1) is 18.2 Å². The summed E-state index contributed by atoms with van der Waals surface area (Å²) >= 11 is 0. The molecule has 1 unspecified atom stereocenters. The van der Waals surface area contributed by atoms with Crippen molar-refractivity contribution in [1.29, 1.82) is 0 Å². The Morgan fingerprint density at radius 1 is 1.03 bits per heavy atom. The number of hydrogen-bond acceptors (Lipinski definition) is 6. The van der Waals surface area contributed by atoms with Crippen molar-refractivity contribution in [3.05, 3.63) is 100 Å². The van der Waals surface area contributed by atoms with E-state index < -0.39 is 22.5 Å². The van der Waals surface area contributed by atoms with Gasteiger partial charge in [0.2, 0.25) is 0 Å². The molecule has 4 aromatic rings. The summed E-state index contributed by atoms with van der Waals surface area (Å²) in [6.45, 7) is 5.75. The minimum atomic E-state index is -1.73. The first kappa shape index (κ1) is 25.1. The van der Waals surface area contributed by atoms with Crippen LogP contribution < -0.4 is 15.7 Å². The molecule has 36 heavy (non-hydrogen) atoms. The first-order valence-electron chi connectivity index (χ1n) is 11.7. The molecule has 1 amide bonds. The molecule has 3 aromatic carbocycles. The van der Waals surface area contributed by atoms with Crippen LogP contribution in [0.2, 0.25) is 0 Å². The molecule has 0 fully saturated rings. The Hall–Kier alpha value is -3.97. The summed E-state index contributed by atoms with van der Waals surface area (Å²) in [5.41, 5.74) is 0.0231. The number of carbonyl (C=O) groups excluding carboxylic acids is 1. The normalized spacial score (nSPS) is 13.2. The molecular weight excluding hydrogens is 456 g/mol. The average Bonchev–Trinajstić information content (AvgIpc) is 2.87. The average molecular weight is 487 g/mol. The lowest BCUT2D eigenvalue weighted by molar-refractivity contribution is -0.136. The van der Waals surface area contributed by atoms with Gasteiger partial charge in [-0.3, -0.25) is 4.79 Å². The maximum absolute atomic E-state index is 13.7. The number of nitrogens with one attached hydrogen (secondary N) is 1. The molecule has 0 saturated heterocycles. The summed E-state index contributed by atoms with van der Waals surface area (Å²) in [4.78, 5) is 25.7. The number of rotatable bonds is 8. The van der Waals surface area contributed by atoms with E-state index in [1.54, 1.807) is 44.4 Å². The fourth-order valence-electron chi connectivity index (χ4n) is 4.58. The molecule has 2 N–H and O–H groups in total. The van der Waals surface area contributed by atoms with Gasteiger partial charge in [0, 0.05) is 17.5 Å². The van der Waals surface area contributed by atoms with Crippen LogP contribution >= 0.6 is 0 Å². The van der Waals surface area contributed by atoms with Crippen LogP contribution in [0.5, 0.6) is 5.75 Å². The lowest BCUT2D eigenvalue weighted by Gasteiger charge is -2.36. The number of aryl methyl sites for hydroxylation is 1. The Labute approximate surface area is 209 Å². The largest absolute Gasteiger partial charge is 0.497 e. The van der Waals surface area contributed by atoms with Crippen molar-refractivity contribution in [3.8, 4) is 5.75 Å². The molecule has 7 heteroatoms. The van der Waals surface area contributed by atoms with Crippen LogP contribution in [-0.2, 0) is 16.6 Å². The molecule has 0 radical (unpaired) electrons. The predicted octanol–water partition coefficient (Wildman–Crippen LogP) is 4.79. The van der Waals surface area contributed by atoms with Crippen molar-refractivity contribution >= 4 is 22.4 Å². The van der Waals surface area contributed by atoms with E-state index in [2.05, 4.69) is 10.5 Å². The van der Waals surface area contributed by atoms with E-state index in [1.165, 1.54) is 0 Å². The maximum Gasteiger partial charge on any atom is 0.366 e. The lowest BCUT2D eigenvalue weighted by atomic mass is 9.73. The van der Waals surface area contributed by atoms with Crippen molar-refractivity contribution in [3.63, 3.8) is 0 Å². The molecule has 0 aliphatic heterocycles. The minimum absolute atomic E-state index is 0.108. The summed E-state index contributed by atoms with van der Waals surface area (Å²) in [7, 11) is 1.59. The molecule has 1 aromatic heterocycles. The minimum Gasteiger partial charge on any atom is -0.497 e. The summed E-state index contributed by atoms with van der Waals surface area (Å²) in [6.07, 6.45) is 0.288. The van der Waals surface area contributed by atoms with E-state index in [1.807, 2.05) is 56.3 Å². The standard InChI is InChI=1S/C29H30N2O5/c1-19-25-16-22(12-15-24(25)26(32)36-31-19)30-27(33)29(34,17-20-10-13-23(35-4)14-11-20)18-28(2,3)21-8-6-5-7-9-21/h5-16,34H,17-18H2,1-4H3,(H,30,33). The van der Waals surface area contributed by atoms with Gasteiger partial charge in [-0.15, -0.1) is 0 Å². The molecule has 0 aliphatic rings. The van der Waals surface area contributed by atoms with Crippen molar-refractivity contribution in [2.24, 2.45) is 0 Å². The quantitative estimate of drug-likeness (QED) is 0.372. The second kappa shape index (κ2) is 9.95. The van der Waals surface area contributed by atoms with Crippen molar-refractivity contribution in [2.45, 2.75) is 44.6 Å². The predicted molar refractivity (Wildman–Crippen MR) is 139 cm³/mol. The van der Waals surface area contributed by atoms with Crippen LogP contribution in [0.25, 0.3) is 10.8 Å². The van der Waals surface area contributed by atoms with E-state index in [0.717, 1.165) is 11.1 Å². The number of amides is 1. The fourth-order valence-corrected chi connectivity index (χ4v) is 4.58. The fraction of sp³-hybridized carbons (Fsp3) is 0.276. The van der Waals surface area contributed by atoms with Gasteiger partial charge in [0.1, 0.15) is 11.4 Å². The number of aromatic nitrogens is 1. The number of fused-ring (bicyclic) bond motifs is 1. The van der Waals surface area contributed by atoms with Gasteiger partial charge in [0.15, 0.2) is 0 Å². The van der Waals surface area contributed by atoms with Crippen LogP contribution in [0.3, 0.4) is 0 Å². The summed E-state index contributed by atoms with van der Waals surface area (Å²) < 4.78 is 10.0.